The molecule has 14 heavy (non-hydrogen) atoms. The summed E-state index contributed by atoms with van der Waals surface area (Å²) in [5.41, 5.74) is 4.34. The van der Waals surface area contributed by atoms with Crippen molar-refractivity contribution in [1.82, 2.24) is 0 Å². The van der Waals surface area contributed by atoms with Crippen molar-refractivity contribution in [3.05, 3.63) is 39.5 Å². The van der Waals surface area contributed by atoms with E-state index in [4.69, 9.17) is 0 Å². The molecule has 0 fully saturated rings. The molecule has 0 nitrogen and oxygen atoms in total. The van der Waals surface area contributed by atoms with Crippen LogP contribution in [0.4, 0.5) is 0 Å². The largest absolute Gasteiger partial charge is 0.0557 e. The van der Waals surface area contributed by atoms with Gasteiger partial charge in [0.15, 0.2) is 0 Å². The average molecular weight is 204 g/mol. The highest BCUT2D eigenvalue weighted by molar-refractivity contribution is 7.80. The van der Waals surface area contributed by atoms with Gasteiger partial charge in [-0.05, 0) is 69.6 Å². The lowest BCUT2D eigenvalue weighted by molar-refractivity contribution is 1.36. The van der Waals surface area contributed by atoms with Crippen molar-refractivity contribution in [1.29, 1.82) is 0 Å². The molecule has 0 atom stereocenters. The van der Waals surface area contributed by atoms with Crippen LogP contribution in [0.5, 0.6) is 0 Å². The zero-order valence-corrected chi connectivity index (χ0v) is 10.5. The van der Waals surface area contributed by atoms with E-state index in [0.29, 0.717) is 0 Å². The molecule has 0 N–H and O–H groups in total. The van der Waals surface area contributed by atoms with Crippen LogP contribution in [0.1, 0.15) is 30.5 Å². The van der Waals surface area contributed by atoms with Crippen LogP contribution in [0.3, 0.4) is 0 Å². The maximum Gasteiger partial charge on any atom is -0.00982 e. The van der Waals surface area contributed by atoms with Crippen LogP contribution in [0.15, 0.2) is 22.8 Å². The number of benzene rings is 1. The number of rotatable bonds is 1. The molecule has 0 amide bonds. The second-order valence-electron chi connectivity index (χ2n) is 4.25. The lowest BCUT2D eigenvalue weighted by Crippen LogP contribution is -2.06. The van der Waals surface area contributed by atoms with Crippen LogP contribution in [-0.4, -0.2) is 0 Å². The highest BCUT2D eigenvalue weighted by Gasteiger charge is 2.32. The summed E-state index contributed by atoms with van der Waals surface area (Å²) in [6, 6.07) is 4.62. The molecule has 1 aromatic carbocycles. The van der Waals surface area contributed by atoms with Crippen LogP contribution in [0.25, 0.3) is 0 Å². The molecule has 1 aliphatic rings. The van der Waals surface area contributed by atoms with Gasteiger partial charge in [0, 0.05) is 0 Å². The third-order valence-corrected chi connectivity index (χ3v) is 5.94. The zero-order valence-electron chi connectivity index (χ0n) is 9.60. The summed E-state index contributed by atoms with van der Waals surface area (Å²) in [6.07, 6.45) is 0. The van der Waals surface area contributed by atoms with Crippen LogP contribution in [-0.2, 0) is 0 Å². The molecule has 74 valence electrons. The van der Waals surface area contributed by atoms with E-state index in [1.807, 2.05) is 0 Å². The van der Waals surface area contributed by atoms with E-state index < -0.39 is 0 Å². The first-order chi connectivity index (χ1) is 6.52. The van der Waals surface area contributed by atoms with Crippen molar-refractivity contribution < 1.29 is 0 Å². The molecular weight excluding hydrogens is 187 g/mol. The minimum atomic E-state index is 0.0113. The van der Waals surface area contributed by atoms with Gasteiger partial charge in [0.1, 0.15) is 0 Å². The topological polar surface area (TPSA) is 0 Å². The van der Waals surface area contributed by atoms with Crippen LogP contribution in [0, 0.1) is 20.8 Å². The Bertz CT molecular complexity index is 392. The standard InChI is InChI=1S/C13H17P/c1-8-6-9(2)13(10(3)7-8)14-11(4)12(14)5/h6-7H,1-5H3. The van der Waals surface area contributed by atoms with Gasteiger partial charge >= 0.3 is 0 Å². The van der Waals surface area contributed by atoms with Crippen molar-refractivity contribution in [3.63, 3.8) is 0 Å². The Hall–Kier alpha value is -0.610. The summed E-state index contributed by atoms with van der Waals surface area (Å²) in [4.78, 5) is 0. The Morgan fingerprint density at radius 1 is 0.786 bits per heavy atom. The van der Waals surface area contributed by atoms with E-state index in [0.717, 1.165) is 0 Å². The van der Waals surface area contributed by atoms with Gasteiger partial charge in [-0.25, -0.2) is 0 Å². The smallest absolute Gasteiger partial charge is 0.00982 e. The highest BCUT2D eigenvalue weighted by Crippen LogP contribution is 2.68. The third-order valence-electron chi connectivity index (χ3n) is 3.00. The van der Waals surface area contributed by atoms with Gasteiger partial charge in [-0.15, -0.1) is 0 Å². The molecule has 0 radical (unpaired) electrons. The maximum atomic E-state index is 2.31. The fourth-order valence-corrected chi connectivity index (χ4v) is 4.60. The lowest BCUT2D eigenvalue weighted by Gasteiger charge is -2.11. The Morgan fingerprint density at radius 2 is 1.21 bits per heavy atom. The third kappa shape index (κ3) is 1.42. The Kier molecular flexibility index (Phi) is 2.27. The monoisotopic (exact) mass is 204 g/mol. The quantitative estimate of drug-likeness (QED) is 0.607. The molecule has 1 aromatic rings. The zero-order chi connectivity index (χ0) is 10.5. The Morgan fingerprint density at radius 3 is 1.57 bits per heavy atom. The molecule has 0 unspecified atom stereocenters. The summed E-state index contributed by atoms with van der Waals surface area (Å²) in [5, 5.41) is 4.88. The van der Waals surface area contributed by atoms with E-state index in [1.165, 1.54) is 16.7 Å². The molecule has 0 spiro atoms. The predicted octanol–water partition coefficient (Wildman–Crippen LogP) is 3.98. The van der Waals surface area contributed by atoms with Gasteiger partial charge in [-0.2, -0.15) is 0 Å². The molecular formula is C13H17P. The SMILES string of the molecule is CC1=C(C)P1c1c(C)cc(C)cc1C. The minimum absolute atomic E-state index is 0.0113. The number of aryl methyl sites for hydroxylation is 3. The van der Waals surface area contributed by atoms with Crippen molar-refractivity contribution in [2.45, 2.75) is 34.6 Å². The van der Waals surface area contributed by atoms with E-state index in [9.17, 15) is 0 Å². The lowest BCUT2D eigenvalue weighted by atomic mass is 10.1. The van der Waals surface area contributed by atoms with E-state index >= 15 is 0 Å². The second kappa shape index (κ2) is 3.21. The molecule has 0 aliphatic carbocycles. The number of hydrogen-bond donors (Lipinski definition) is 0. The summed E-state index contributed by atoms with van der Waals surface area (Å²) in [5.74, 6) is 0. The summed E-state index contributed by atoms with van der Waals surface area (Å²) < 4.78 is 0. The summed E-state index contributed by atoms with van der Waals surface area (Å²) in [6.45, 7) is 11.2. The molecule has 0 aromatic heterocycles. The van der Waals surface area contributed by atoms with Gasteiger partial charge in [0.25, 0.3) is 0 Å². The van der Waals surface area contributed by atoms with Crippen LogP contribution < -0.4 is 5.30 Å². The molecule has 1 heteroatoms. The molecule has 2 rings (SSSR count). The molecule has 0 saturated carbocycles. The van der Waals surface area contributed by atoms with Crippen molar-refractivity contribution >= 4 is 13.2 Å². The van der Waals surface area contributed by atoms with E-state index in [1.54, 1.807) is 15.9 Å². The fourth-order valence-electron chi connectivity index (χ4n) is 2.22. The van der Waals surface area contributed by atoms with Gasteiger partial charge in [0.05, 0.1) is 0 Å². The van der Waals surface area contributed by atoms with Gasteiger partial charge in [-0.3, -0.25) is 0 Å². The average Bonchev–Trinajstić information content (AvgIpc) is 2.60. The van der Waals surface area contributed by atoms with Crippen molar-refractivity contribution in [3.8, 4) is 0 Å². The van der Waals surface area contributed by atoms with Crippen molar-refractivity contribution in [2.24, 2.45) is 0 Å². The van der Waals surface area contributed by atoms with Crippen LogP contribution in [0.2, 0.25) is 0 Å². The van der Waals surface area contributed by atoms with Gasteiger partial charge in [0.2, 0.25) is 0 Å². The summed E-state index contributed by atoms with van der Waals surface area (Å²) in [7, 11) is 0.0113. The molecule has 1 aliphatic heterocycles. The first kappa shape index (κ1) is 9.93. The molecule has 0 saturated heterocycles. The highest BCUT2D eigenvalue weighted by atomic mass is 31.1. The Balaban J connectivity index is 2.45. The number of allylic oxidation sites excluding steroid dienone is 2. The second-order valence-corrected chi connectivity index (χ2v) is 6.71. The normalized spacial score (nSPS) is 16.4. The molecule has 1 heterocycles. The Labute approximate surface area is 87.8 Å². The molecule has 0 bridgehead atoms. The number of hydrogen-bond acceptors (Lipinski definition) is 0. The fraction of sp³-hybridized carbons (Fsp3) is 0.385. The first-order valence-corrected chi connectivity index (χ1v) is 6.42. The minimum Gasteiger partial charge on any atom is -0.0557 e. The van der Waals surface area contributed by atoms with Gasteiger partial charge in [-0.1, -0.05) is 17.7 Å². The van der Waals surface area contributed by atoms with Crippen LogP contribution >= 0.6 is 7.92 Å². The van der Waals surface area contributed by atoms with Crippen molar-refractivity contribution in [2.75, 3.05) is 0 Å². The first-order valence-electron chi connectivity index (χ1n) is 5.08. The maximum absolute atomic E-state index is 2.31. The van der Waals surface area contributed by atoms with E-state index in [-0.39, 0.29) is 7.92 Å². The predicted molar refractivity (Wildman–Crippen MR) is 65.6 cm³/mol. The van der Waals surface area contributed by atoms with Gasteiger partial charge < -0.3 is 0 Å². The summed E-state index contributed by atoms with van der Waals surface area (Å²) >= 11 is 0. The van der Waals surface area contributed by atoms with E-state index in [2.05, 4.69) is 46.8 Å².